The molecule has 16 heavy (non-hydrogen) atoms. The second-order valence-corrected chi connectivity index (χ2v) is 2.95. The van der Waals surface area contributed by atoms with Crippen LogP contribution in [0.4, 0.5) is 0 Å². The summed E-state index contributed by atoms with van der Waals surface area (Å²) in [5.74, 6) is 0.562. The van der Waals surface area contributed by atoms with E-state index in [0.717, 1.165) is 5.56 Å². The topological polar surface area (TPSA) is 65.2 Å². The summed E-state index contributed by atoms with van der Waals surface area (Å²) in [6, 6.07) is 9.60. The fourth-order valence-corrected chi connectivity index (χ4v) is 1.20. The Morgan fingerprint density at radius 2 is 2.19 bits per heavy atom. The van der Waals surface area contributed by atoms with E-state index in [9.17, 15) is 0 Å². The van der Waals surface area contributed by atoms with E-state index in [0.29, 0.717) is 12.4 Å². The highest BCUT2D eigenvalue weighted by atomic mass is 16.6. The van der Waals surface area contributed by atoms with Crippen molar-refractivity contribution in [2.24, 2.45) is 5.16 Å². The molecule has 6 nitrogen and oxygen atoms in total. The third-order valence-corrected chi connectivity index (χ3v) is 1.88. The second kappa shape index (κ2) is 5.01. The van der Waals surface area contributed by atoms with Crippen LogP contribution in [-0.2, 0) is 4.84 Å². The van der Waals surface area contributed by atoms with E-state index < -0.39 is 0 Å². The molecule has 1 aromatic heterocycles. The van der Waals surface area contributed by atoms with Crippen molar-refractivity contribution in [1.82, 2.24) is 20.2 Å². The molecule has 0 saturated carbocycles. The standard InChI is InChI=1S/C10H11N5O/c1-2-16-12-10(15-8-11-13-14-15)9-6-4-3-5-7-9/h3-8H,2H2,1H3. The molecule has 1 heterocycles. The molecule has 0 aliphatic heterocycles. The zero-order valence-corrected chi connectivity index (χ0v) is 8.82. The molecule has 0 amide bonds. The molecule has 0 aliphatic carbocycles. The Labute approximate surface area is 92.5 Å². The fraction of sp³-hybridized carbons (Fsp3) is 0.200. The number of benzene rings is 1. The van der Waals surface area contributed by atoms with Gasteiger partial charge < -0.3 is 4.84 Å². The highest BCUT2D eigenvalue weighted by Crippen LogP contribution is 2.02. The number of rotatable bonds is 3. The quantitative estimate of drug-likeness (QED) is 0.435. The van der Waals surface area contributed by atoms with Gasteiger partial charge in [0, 0.05) is 5.56 Å². The lowest BCUT2D eigenvalue weighted by Gasteiger charge is -2.04. The smallest absolute Gasteiger partial charge is 0.203 e. The summed E-state index contributed by atoms with van der Waals surface area (Å²) < 4.78 is 1.46. The lowest BCUT2D eigenvalue weighted by Crippen LogP contribution is -2.15. The van der Waals surface area contributed by atoms with Gasteiger partial charge in [0.15, 0.2) is 0 Å². The summed E-state index contributed by atoms with van der Waals surface area (Å²) in [6.45, 7) is 2.37. The Hall–Kier alpha value is -2.24. The first-order chi connectivity index (χ1) is 7.92. The number of hydrogen-bond donors (Lipinski definition) is 0. The van der Waals surface area contributed by atoms with E-state index in [1.807, 2.05) is 37.3 Å². The number of hydrogen-bond acceptors (Lipinski definition) is 5. The zero-order chi connectivity index (χ0) is 11.2. The van der Waals surface area contributed by atoms with E-state index in [1.165, 1.54) is 11.0 Å². The van der Waals surface area contributed by atoms with Crippen LogP contribution in [0.3, 0.4) is 0 Å². The first-order valence-electron chi connectivity index (χ1n) is 4.90. The van der Waals surface area contributed by atoms with Gasteiger partial charge in [-0.2, -0.15) is 4.68 Å². The van der Waals surface area contributed by atoms with Gasteiger partial charge in [0.25, 0.3) is 0 Å². The van der Waals surface area contributed by atoms with Crippen molar-refractivity contribution in [2.45, 2.75) is 6.92 Å². The number of oxime groups is 1. The summed E-state index contributed by atoms with van der Waals surface area (Å²) in [5.41, 5.74) is 0.892. The normalized spacial score (nSPS) is 11.4. The van der Waals surface area contributed by atoms with Crippen LogP contribution in [0.25, 0.3) is 0 Å². The van der Waals surface area contributed by atoms with Crippen molar-refractivity contribution in [3.05, 3.63) is 42.2 Å². The maximum atomic E-state index is 5.05. The highest BCUT2D eigenvalue weighted by Gasteiger charge is 2.07. The van der Waals surface area contributed by atoms with Crippen LogP contribution in [-0.4, -0.2) is 32.6 Å². The zero-order valence-electron chi connectivity index (χ0n) is 8.82. The van der Waals surface area contributed by atoms with Crippen LogP contribution >= 0.6 is 0 Å². The van der Waals surface area contributed by atoms with Gasteiger partial charge in [-0.05, 0) is 17.4 Å². The third-order valence-electron chi connectivity index (χ3n) is 1.88. The molecule has 1 aromatic carbocycles. The minimum atomic E-state index is 0.498. The third kappa shape index (κ3) is 2.22. The highest BCUT2D eigenvalue weighted by molar-refractivity contribution is 5.99. The number of tetrazole rings is 1. The van der Waals surface area contributed by atoms with Crippen LogP contribution in [0.5, 0.6) is 0 Å². The number of nitrogens with zero attached hydrogens (tertiary/aromatic N) is 5. The molecule has 0 aliphatic rings. The molecule has 0 spiro atoms. The molecule has 2 aromatic rings. The maximum Gasteiger partial charge on any atom is 0.203 e. The van der Waals surface area contributed by atoms with Gasteiger partial charge >= 0.3 is 0 Å². The average molecular weight is 217 g/mol. The molecule has 0 N–H and O–H groups in total. The Bertz CT molecular complexity index is 451. The predicted octanol–water partition coefficient (Wildman–Crippen LogP) is 0.919. The van der Waals surface area contributed by atoms with Crippen molar-refractivity contribution in [1.29, 1.82) is 0 Å². The van der Waals surface area contributed by atoms with Gasteiger partial charge in [-0.3, -0.25) is 0 Å². The molecule has 0 atom stereocenters. The summed E-state index contributed by atoms with van der Waals surface area (Å²) in [5, 5.41) is 14.9. The van der Waals surface area contributed by atoms with Gasteiger partial charge in [-0.1, -0.05) is 35.5 Å². The first-order valence-corrected chi connectivity index (χ1v) is 4.90. The van der Waals surface area contributed by atoms with Crippen LogP contribution in [0, 0.1) is 0 Å². The monoisotopic (exact) mass is 217 g/mol. The summed E-state index contributed by atoms with van der Waals surface area (Å²) in [4.78, 5) is 5.05. The molecule has 0 bridgehead atoms. The lowest BCUT2D eigenvalue weighted by molar-refractivity contribution is 0.157. The molecule has 2 rings (SSSR count). The van der Waals surface area contributed by atoms with E-state index >= 15 is 0 Å². The average Bonchev–Trinajstić information content (AvgIpc) is 2.85. The second-order valence-electron chi connectivity index (χ2n) is 2.95. The van der Waals surface area contributed by atoms with Crippen molar-refractivity contribution in [3.63, 3.8) is 0 Å². The van der Waals surface area contributed by atoms with E-state index in [4.69, 9.17) is 4.84 Å². The minimum Gasteiger partial charge on any atom is -0.394 e. The van der Waals surface area contributed by atoms with Crippen LogP contribution in [0.1, 0.15) is 12.5 Å². The van der Waals surface area contributed by atoms with Gasteiger partial charge in [0.05, 0.1) is 0 Å². The first kappa shape index (κ1) is 10.3. The van der Waals surface area contributed by atoms with Crippen LogP contribution in [0.2, 0.25) is 0 Å². The van der Waals surface area contributed by atoms with Crippen molar-refractivity contribution in [3.8, 4) is 0 Å². The summed E-state index contributed by atoms with van der Waals surface area (Å²) in [6.07, 6.45) is 1.48. The summed E-state index contributed by atoms with van der Waals surface area (Å²) >= 11 is 0. The van der Waals surface area contributed by atoms with E-state index in [1.54, 1.807) is 0 Å². The molecule has 0 unspecified atom stereocenters. The molecular formula is C10H11N5O. The van der Waals surface area contributed by atoms with Gasteiger partial charge in [-0.15, -0.1) is 5.10 Å². The Morgan fingerprint density at radius 1 is 1.38 bits per heavy atom. The van der Waals surface area contributed by atoms with Gasteiger partial charge in [0.2, 0.25) is 5.84 Å². The molecule has 82 valence electrons. The molecule has 0 radical (unpaired) electrons. The molecular weight excluding hydrogens is 206 g/mol. The Morgan fingerprint density at radius 3 is 2.81 bits per heavy atom. The Kier molecular flexibility index (Phi) is 3.22. The fourth-order valence-electron chi connectivity index (χ4n) is 1.20. The van der Waals surface area contributed by atoms with Crippen LogP contribution < -0.4 is 0 Å². The van der Waals surface area contributed by atoms with E-state index in [2.05, 4.69) is 20.7 Å². The largest absolute Gasteiger partial charge is 0.394 e. The molecule has 6 heteroatoms. The van der Waals surface area contributed by atoms with Crippen molar-refractivity contribution >= 4 is 5.84 Å². The SMILES string of the molecule is CCON=C(c1ccccc1)n1cnnn1. The minimum absolute atomic E-state index is 0.498. The maximum absolute atomic E-state index is 5.05. The molecule has 0 fully saturated rings. The molecule has 0 saturated heterocycles. The van der Waals surface area contributed by atoms with Crippen LogP contribution in [0.15, 0.2) is 41.8 Å². The summed E-state index contributed by atoms with van der Waals surface area (Å²) in [7, 11) is 0. The number of aromatic nitrogens is 4. The van der Waals surface area contributed by atoms with Gasteiger partial charge in [-0.25, -0.2) is 0 Å². The van der Waals surface area contributed by atoms with E-state index in [-0.39, 0.29) is 0 Å². The van der Waals surface area contributed by atoms with Crippen molar-refractivity contribution < 1.29 is 4.84 Å². The predicted molar refractivity (Wildman–Crippen MR) is 57.8 cm³/mol. The van der Waals surface area contributed by atoms with Crippen molar-refractivity contribution in [2.75, 3.05) is 6.61 Å². The van der Waals surface area contributed by atoms with Gasteiger partial charge in [0.1, 0.15) is 12.9 Å². The lowest BCUT2D eigenvalue weighted by atomic mass is 10.2. The Balaban J connectivity index is 2.37.